The SMILES string of the molecule is O=C(NCCN(CCO)C(=O)Nc1cccc2ccccc12)Nc1cccc2ccccc12. The Bertz CT molecular complexity index is 1260. The maximum atomic E-state index is 12.8. The summed E-state index contributed by atoms with van der Waals surface area (Å²) in [5.74, 6) is 0. The molecule has 4 aromatic rings. The first kappa shape index (κ1) is 22.1. The van der Waals surface area contributed by atoms with E-state index >= 15 is 0 Å². The number of anilines is 2. The second kappa shape index (κ2) is 10.5. The molecular formula is C26H26N4O3. The number of fused-ring (bicyclic) bond motifs is 2. The molecule has 0 atom stereocenters. The van der Waals surface area contributed by atoms with Crippen LogP contribution in [0.1, 0.15) is 0 Å². The number of hydrogen-bond acceptors (Lipinski definition) is 3. The smallest absolute Gasteiger partial charge is 0.322 e. The van der Waals surface area contributed by atoms with Crippen LogP contribution in [0.3, 0.4) is 0 Å². The average molecular weight is 443 g/mol. The molecule has 7 heteroatoms. The number of nitrogens with zero attached hydrogens (tertiary/aromatic N) is 1. The zero-order valence-corrected chi connectivity index (χ0v) is 18.1. The highest BCUT2D eigenvalue weighted by atomic mass is 16.3. The third kappa shape index (κ3) is 5.39. The number of hydrogen-bond donors (Lipinski definition) is 4. The van der Waals surface area contributed by atoms with E-state index in [4.69, 9.17) is 0 Å². The molecule has 168 valence electrons. The van der Waals surface area contributed by atoms with Gasteiger partial charge in [0.1, 0.15) is 0 Å². The van der Waals surface area contributed by atoms with Crippen molar-refractivity contribution in [3.63, 3.8) is 0 Å². The van der Waals surface area contributed by atoms with E-state index in [1.54, 1.807) is 0 Å². The molecule has 0 unspecified atom stereocenters. The Balaban J connectivity index is 1.35. The van der Waals surface area contributed by atoms with Crippen molar-refractivity contribution in [2.45, 2.75) is 0 Å². The van der Waals surface area contributed by atoms with E-state index in [9.17, 15) is 14.7 Å². The van der Waals surface area contributed by atoms with E-state index in [1.807, 2.05) is 84.9 Å². The van der Waals surface area contributed by atoms with Crippen LogP contribution in [0.15, 0.2) is 84.9 Å². The van der Waals surface area contributed by atoms with E-state index in [1.165, 1.54) is 4.90 Å². The van der Waals surface area contributed by atoms with Crippen LogP contribution in [-0.4, -0.2) is 48.3 Å². The first-order chi connectivity index (χ1) is 16.2. The summed E-state index contributed by atoms with van der Waals surface area (Å²) in [6, 6.07) is 26.3. The number of benzene rings is 4. The van der Waals surface area contributed by atoms with Gasteiger partial charge in [-0.2, -0.15) is 0 Å². The minimum atomic E-state index is -0.357. The van der Waals surface area contributed by atoms with E-state index in [0.29, 0.717) is 11.4 Å². The molecule has 0 aliphatic rings. The van der Waals surface area contributed by atoms with Gasteiger partial charge in [-0.15, -0.1) is 0 Å². The van der Waals surface area contributed by atoms with Crippen LogP contribution in [0.5, 0.6) is 0 Å². The third-order valence-electron chi connectivity index (χ3n) is 5.39. The summed E-state index contributed by atoms with van der Waals surface area (Å²) < 4.78 is 0. The second-order valence-electron chi connectivity index (χ2n) is 7.58. The van der Waals surface area contributed by atoms with E-state index in [2.05, 4.69) is 16.0 Å². The summed E-state index contributed by atoms with van der Waals surface area (Å²) in [6.07, 6.45) is 0. The van der Waals surface area contributed by atoms with Crippen molar-refractivity contribution in [1.29, 1.82) is 0 Å². The number of rotatable bonds is 7. The maximum absolute atomic E-state index is 12.8. The number of urea groups is 2. The topological polar surface area (TPSA) is 93.7 Å². The van der Waals surface area contributed by atoms with Crippen molar-refractivity contribution in [3.8, 4) is 0 Å². The molecule has 4 N–H and O–H groups in total. The highest BCUT2D eigenvalue weighted by Crippen LogP contribution is 2.24. The predicted molar refractivity (Wildman–Crippen MR) is 133 cm³/mol. The molecule has 4 aromatic carbocycles. The Labute approximate surface area is 192 Å². The maximum Gasteiger partial charge on any atom is 0.322 e. The van der Waals surface area contributed by atoms with Crippen molar-refractivity contribution in [3.05, 3.63) is 84.9 Å². The van der Waals surface area contributed by atoms with Crippen molar-refractivity contribution in [1.82, 2.24) is 10.2 Å². The Morgan fingerprint density at radius 2 is 1.24 bits per heavy atom. The van der Waals surface area contributed by atoms with Crippen LogP contribution in [0.25, 0.3) is 21.5 Å². The van der Waals surface area contributed by atoms with Crippen LogP contribution in [0, 0.1) is 0 Å². The minimum absolute atomic E-state index is 0.156. The van der Waals surface area contributed by atoms with E-state index in [-0.39, 0.29) is 38.3 Å². The standard InChI is InChI=1S/C26H26N4O3/c31-18-17-30(26(33)29-24-14-6-10-20-8-2-4-12-22(20)24)16-15-27-25(32)28-23-13-5-9-19-7-1-3-11-21(19)23/h1-14,31H,15-18H2,(H,29,33)(H2,27,28,32). The van der Waals surface area contributed by atoms with Gasteiger partial charge < -0.3 is 26.0 Å². The number of aliphatic hydroxyl groups is 1. The van der Waals surface area contributed by atoms with Crippen LogP contribution in [0.4, 0.5) is 21.0 Å². The van der Waals surface area contributed by atoms with Gasteiger partial charge in [-0.25, -0.2) is 9.59 Å². The highest BCUT2D eigenvalue weighted by molar-refractivity contribution is 6.02. The summed E-state index contributed by atoms with van der Waals surface area (Å²) >= 11 is 0. The van der Waals surface area contributed by atoms with E-state index in [0.717, 1.165) is 21.5 Å². The average Bonchev–Trinajstić information content (AvgIpc) is 2.84. The van der Waals surface area contributed by atoms with Gasteiger partial charge in [-0.1, -0.05) is 72.8 Å². The largest absolute Gasteiger partial charge is 0.395 e. The second-order valence-corrected chi connectivity index (χ2v) is 7.58. The van der Waals surface area contributed by atoms with Crippen LogP contribution in [0.2, 0.25) is 0 Å². The molecular weight excluding hydrogens is 416 g/mol. The van der Waals surface area contributed by atoms with Crippen molar-refractivity contribution >= 4 is 45.0 Å². The summed E-state index contributed by atoms with van der Waals surface area (Å²) in [6.45, 7) is 0.466. The molecule has 0 saturated heterocycles. The van der Waals surface area contributed by atoms with Gasteiger partial charge in [0.2, 0.25) is 0 Å². The summed E-state index contributed by atoms with van der Waals surface area (Å²) in [4.78, 5) is 26.7. The lowest BCUT2D eigenvalue weighted by Crippen LogP contribution is -2.43. The molecule has 0 radical (unpaired) electrons. The molecule has 0 aromatic heterocycles. The molecule has 7 nitrogen and oxygen atoms in total. The number of carbonyl (C=O) groups is 2. The lowest BCUT2D eigenvalue weighted by molar-refractivity contribution is 0.188. The normalized spacial score (nSPS) is 10.7. The van der Waals surface area contributed by atoms with Gasteiger partial charge >= 0.3 is 12.1 Å². The fraction of sp³-hybridized carbons (Fsp3) is 0.154. The Hall–Kier alpha value is -4.10. The zero-order valence-electron chi connectivity index (χ0n) is 18.1. The van der Waals surface area contributed by atoms with Gasteiger partial charge in [-0.3, -0.25) is 0 Å². The van der Waals surface area contributed by atoms with Crippen molar-refractivity contribution in [2.24, 2.45) is 0 Å². The van der Waals surface area contributed by atoms with E-state index < -0.39 is 0 Å². The highest BCUT2D eigenvalue weighted by Gasteiger charge is 2.15. The van der Waals surface area contributed by atoms with Gasteiger partial charge in [0.05, 0.1) is 18.0 Å². The van der Waals surface area contributed by atoms with Crippen molar-refractivity contribution < 1.29 is 14.7 Å². The Kier molecular flexibility index (Phi) is 7.02. The van der Waals surface area contributed by atoms with Gasteiger partial charge in [-0.05, 0) is 22.9 Å². The van der Waals surface area contributed by atoms with Gasteiger partial charge in [0.15, 0.2) is 0 Å². The third-order valence-corrected chi connectivity index (χ3v) is 5.39. The van der Waals surface area contributed by atoms with Gasteiger partial charge in [0, 0.05) is 30.4 Å². The molecule has 4 rings (SSSR count). The van der Waals surface area contributed by atoms with Crippen LogP contribution < -0.4 is 16.0 Å². The molecule has 0 spiro atoms. The molecule has 0 saturated carbocycles. The number of amides is 4. The quantitative estimate of drug-likeness (QED) is 0.336. The first-order valence-corrected chi connectivity index (χ1v) is 10.8. The minimum Gasteiger partial charge on any atom is -0.395 e. The zero-order chi connectivity index (χ0) is 23.0. The fourth-order valence-corrected chi connectivity index (χ4v) is 3.77. The lowest BCUT2D eigenvalue weighted by Gasteiger charge is -2.23. The first-order valence-electron chi connectivity index (χ1n) is 10.8. The van der Waals surface area contributed by atoms with Crippen LogP contribution in [-0.2, 0) is 0 Å². The number of carbonyl (C=O) groups excluding carboxylic acids is 2. The Morgan fingerprint density at radius 1 is 0.697 bits per heavy atom. The molecule has 0 aliphatic carbocycles. The molecule has 4 amide bonds. The van der Waals surface area contributed by atoms with Crippen molar-refractivity contribution in [2.75, 3.05) is 36.9 Å². The Morgan fingerprint density at radius 3 is 1.85 bits per heavy atom. The summed E-state index contributed by atoms with van der Waals surface area (Å²) in [5.41, 5.74) is 1.41. The van der Waals surface area contributed by atoms with Crippen LogP contribution >= 0.6 is 0 Å². The lowest BCUT2D eigenvalue weighted by atomic mass is 10.1. The number of aliphatic hydroxyl groups excluding tert-OH is 1. The summed E-state index contributed by atoms with van der Waals surface area (Å²) in [5, 5.41) is 21.9. The molecule has 0 fully saturated rings. The molecule has 0 bridgehead atoms. The number of nitrogens with one attached hydrogen (secondary N) is 3. The molecule has 33 heavy (non-hydrogen) atoms. The molecule has 0 heterocycles. The van der Waals surface area contributed by atoms with Gasteiger partial charge in [0.25, 0.3) is 0 Å². The summed E-state index contributed by atoms with van der Waals surface area (Å²) in [7, 11) is 0. The molecule has 0 aliphatic heterocycles. The monoisotopic (exact) mass is 442 g/mol. The predicted octanol–water partition coefficient (Wildman–Crippen LogP) is 4.64. The fourth-order valence-electron chi connectivity index (χ4n) is 3.77.